The molecule has 2 unspecified atom stereocenters. The molecule has 26 heavy (non-hydrogen) atoms. The van der Waals surface area contributed by atoms with Gasteiger partial charge < -0.3 is 4.74 Å². The highest BCUT2D eigenvalue weighted by atomic mass is 19.2. The second kappa shape index (κ2) is 7.25. The van der Waals surface area contributed by atoms with Crippen LogP contribution in [0.5, 0.6) is 0 Å². The van der Waals surface area contributed by atoms with Gasteiger partial charge in [0.25, 0.3) is 0 Å². The molecule has 0 amide bonds. The Morgan fingerprint density at radius 1 is 0.962 bits per heavy atom. The molecule has 0 spiro atoms. The molecule has 2 heterocycles. The predicted molar refractivity (Wildman–Crippen MR) is 93.1 cm³/mol. The molecule has 2 nitrogen and oxygen atoms in total. The van der Waals surface area contributed by atoms with Crippen molar-refractivity contribution in [1.82, 2.24) is 4.90 Å². The second-order valence-electron chi connectivity index (χ2n) is 7.00. The highest BCUT2D eigenvalue weighted by Crippen LogP contribution is 2.30. The summed E-state index contributed by atoms with van der Waals surface area (Å²) in [5.74, 6) is -3.68. The van der Waals surface area contributed by atoms with Gasteiger partial charge in [-0.05, 0) is 36.1 Å². The lowest BCUT2D eigenvalue weighted by atomic mass is 9.89. The van der Waals surface area contributed by atoms with Gasteiger partial charge in [-0.1, -0.05) is 42.0 Å². The van der Waals surface area contributed by atoms with Crippen LogP contribution in [0.1, 0.15) is 17.5 Å². The molecule has 5 heteroatoms. The fourth-order valence-corrected chi connectivity index (χ4v) is 3.89. The van der Waals surface area contributed by atoms with E-state index < -0.39 is 17.5 Å². The second-order valence-corrected chi connectivity index (χ2v) is 7.00. The van der Waals surface area contributed by atoms with Gasteiger partial charge in [-0.2, -0.15) is 0 Å². The number of nitrogens with zero attached hydrogens (tertiary/aromatic N) is 1. The maximum absolute atomic E-state index is 13.5. The number of hydrogen-bond donors (Lipinski definition) is 0. The van der Waals surface area contributed by atoms with Gasteiger partial charge in [0.1, 0.15) is 0 Å². The Bertz CT molecular complexity index is 798. The van der Waals surface area contributed by atoms with Gasteiger partial charge >= 0.3 is 0 Å². The molecule has 1 fully saturated rings. The van der Waals surface area contributed by atoms with E-state index in [0.717, 1.165) is 30.7 Å². The molecule has 2 aromatic carbocycles. The van der Waals surface area contributed by atoms with Crippen LogP contribution in [-0.2, 0) is 17.7 Å². The molecule has 4 rings (SSSR count). The number of morpholine rings is 1. The lowest BCUT2D eigenvalue weighted by molar-refractivity contribution is -0.0440. The van der Waals surface area contributed by atoms with Crippen LogP contribution in [0.25, 0.3) is 0 Å². The van der Waals surface area contributed by atoms with Crippen molar-refractivity contribution in [3.05, 3.63) is 82.7 Å². The molecule has 136 valence electrons. The Morgan fingerprint density at radius 2 is 1.69 bits per heavy atom. The fraction of sp³-hybridized carbons (Fsp3) is 0.333. The van der Waals surface area contributed by atoms with Crippen LogP contribution in [0.2, 0.25) is 0 Å². The van der Waals surface area contributed by atoms with Crippen molar-refractivity contribution < 1.29 is 17.9 Å². The summed E-state index contributed by atoms with van der Waals surface area (Å²) in [5, 5.41) is 0. The van der Waals surface area contributed by atoms with E-state index in [9.17, 15) is 13.2 Å². The molecule has 2 aromatic rings. The predicted octanol–water partition coefficient (Wildman–Crippen LogP) is 4.25. The van der Waals surface area contributed by atoms with Gasteiger partial charge in [0, 0.05) is 12.6 Å². The van der Waals surface area contributed by atoms with Crippen LogP contribution in [0.15, 0.2) is 54.1 Å². The lowest BCUT2D eigenvalue weighted by Crippen LogP contribution is -2.53. The number of hydrogen-bond acceptors (Lipinski definition) is 2. The number of benzene rings is 2. The van der Waals surface area contributed by atoms with Crippen LogP contribution >= 0.6 is 0 Å². The molecule has 0 aromatic heterocycles. The summed E-state index contributed by atoms with van der Waals surface area (Å²) >= 11 is 0. The van der Waals surface area contributed by atoms with Gasteiger partial charge in [-0.3, -0.25) is 4.90 Å². The molecule has 0 saturated carbocycles. The third-order valence-electron chi connectivity index (χ3n) is 5.10. The fourth-order valence-electron chi connectivity index (χ4n) is 3.89. The highest BCUT2D eigenvalue weighted by molar-refractivity contribution is 5.28. The first-order chi connectivity index (χ1) is 12.6. The van der Waals surface area contributed by atoms with Crippen LogP contribution < -0.4 is 0 Å². The van der Waals surface area contributed by atoms with E-state index in [4.69, 9.17) is 4.74 Å². The lowest BCUT2D eigenvalue weighted by Gasteiger charge is -2.45. The maximum atomic E-state index is 13.5. The molecular weight excluding hydrogens is 339 g/mol. The minimum Gasteiger partial charge on any atom is -0.378 e. The first kappa shape index (κ1) is 17.3. The van der Waals surface area contributed by atoms with E-state index in [0.29, 0.717) is 25.2 Å². The monoisotopic (exact) mass is 359 g/mol. The smallest absolute Gasteiger partial charge is 0.194 e. The molecule has 0 N–H and O–H groups in total. The molecular formula is C21H20F3NO. The average molecular weight is 359 g/mol. The summed E-state index contributed by atoms with van der Waals surface area (Å²) < 4.78 is 45.8. The van der Waals surface area contributed by atoms with Crippen LogP contribution in [0.4, 0.5) is 13.2 Å². The van der Waals surface area contributed by atoms with Crippen molar-refractivity contribution in [3.63, 3.8) is 0 Å². The number of ether oxygens (including phenoxy) is 1. The Labute approximate surface area is 150 Å². The highest BCUT2D eigenvalue weighted by Gasteiger charge is 2.34. The quantitative estimate of drug-likeness (QED) is 0.598. The van der Waals surface area contributed by atoms with E-state index in [1.807, 2.05) is 18.2 Å². The number of fused-ring (bicyclic) bond motifs is 2. The summed E-state index contributed by atoms with van der Waals surface area (Å²) in [6.07, 6.45) is 3.35. The Kier molecular flexibility index (Phi) is 4.83. The normalized spacial score (nSPS) is 23.0. The van der Waals surface area contributed by atoms with Crippen LogP contribution in [0.3, 0.4) is 0 Å². The third kappa shape index (κ3) is 3.55. The summed E-state index contributed by atoms with van der Waals surface area (Å²) in [7, 11) is 0. The molecule has 2 aliphatic rings. The maximum Gasteiger partial charge on any atom is 0.194 e. The van der Waals surface area contributed by atoms with Crippen molar-refractivity contribution in [3.8, 4) is 0 Å². The standard InChI is InChI=1S/C21H20F3NO/c22-19-9-16(10-20(23)21(19)24)6-15-7-17-12-26-13-18(8-15)25(17)11-14-4-2-1-3-5-14/h1-5,7,9-10,17-18H,6,8,11-13H2. The van der Waals surface area contributed by atoms with E-state index in [1.54, 1.807) is 0 Å². The minimum absolute atomic E-state index is 0.146. The summed E-state index contributed by atoms with van der Waals surface area (Å²) in [5.41, 5.74) is 2.84. The summed E-state index contributed by atoms with van der Waals surface area (Å²) in [6, 6.07) is 12.8. The largest absolute Gasteiger partial charge is 0.378 e. The van der Waals surface area contributed by atoms with Crippen molar-refractivity contribution in [2.24, 2.45) is 0 Å². The molecule has 2 bridgehead atoms. The van der Waals surface area contributed by atoms with Crippen molar-refractivity contribution in [2.75, 3.05) is 13.2 Å². The number of halogens is 3. The first-order valence-electron chi connectivity index (χ1n) is 8.80. The van der Waals surface area contributed by atoms with Crippen molar-refractivity contribution in [2.45, 2.75) is 31.5 Å². The van der Waals surface area contributed by atoms with E-state index in [1.165, 1.54) is 5.56 Å². The van der Waals surface area contributed by atoms with Crippen LogP contribution in [-0.4, -0.2) is 30.2 Å². The van der Waals surface area contributed by atoms with Crippen molar-refractivity contribution >= 4 is 0 Å². The molecule has 0 aliphatic carbocycles. The summed E-state index contributed by atoms with van der Waals surface area (Å²) in [6.45, 7) is 2.11. The Balaban J connectivity index is 1.53. The van der Waals surface area contributed by atoms with Crippen LogP contribution in [0, 0.1) is 17.5 Å². The zero-order chi connectivity index (χ0) is 18.1. The Morgan fingerprint density at radius 3 is 2.38 bits per heavy atom. The zero-order valence-corrected chi connectivity index (χ0v) is 14.3. The molecule has 2 aliphatic heterocycles. The third-order valence-corrected chi connectivity index (χ3v) is 5.10. The van der Waals surface area contributed by atoms with E-state index in [-0.39, 0.29) is 12.1 Å². The average Bonchev–Trinajstić information content (AvgIpc) is 2.61. The molecule has 1 saturated heterocycles. The van der Waals surface area contributed by atoms with E-state index in [2.05, 4.69) is 23.1 Å². The molecule has 2 atom stereocenters. The Hall–Kier alpha value is -2.11. The van der Waals surface area contributed by atoms with Gasteiger partial charge in [-0.25, -0.2) is 13.2 Å². The molecule has 0 radical (unpaired) electrons. The SMILES string of the molecule is Fc1cc(CC2=CC3COCC(C2)N3Cc2ccccc2)cc(F)c1F. The van der Waals surface area contributed by atoms with Crippen molar-refractivity contribution in [1.29, 1.82) is 0 Å². The van der Waals surface area contributed by atoms with E-state index >= 15 is 0 Å². The van der Waals surface area contributed by atoms with Gasteiger partial charge in [0.05, 0.1) is 19.3 Å². The van der Waals surface area contributed by atoms with Gasteiger partial charge in [0.2, 0.25) is 0 Å². The van der Waals surface area contributed by atoms with Gasteiger partial charge in [0.15, 0.2) is 17.5 Å². The minimum atomic E-state index is -1.41. The zero-order valence-electron chi connectivity index (χ0n) is 14.3. The first-order valence-corrected chi connectivity index (χ1v) is 8.80. The topological polar surface area (TPSA) is 12.5 Å². The number of rotatable bonds is 4. The summed E-state index contributed by atoms with van der Waals surface area (Å²) in [4.78, 5) is 2.42. The van der Waals surface area contributed by atoms with Gasteiger partial charge in [-0.15, -0.1) is 0 Å².